The topological polar surface area (TPSA) is 108 Å². The van der Waals surface area contributed by atoms with Crippen molar-refractivity contribution in [1.29, 1.82) is 0 Å². The summed E-state index contributed by atoms with van der Waals surface area (Å²) in [5.41, 5.74) is 0.705. The summed E-state index contributed by atoms with van der Waals surface area (Å²) in [6, 6.07) is 0.0680. The van der Waals surface area contributed by atoms with Crippen LogP contribution >= 0.6 is 11.6 Å². The van der Waals surface area contributed by atoms with Crippen LogP contribution < -0.4 is 10.6 Å². The molecule has 1 saturated heterocycles. The third kappa shape index (κ3) is 4.99. The van der Waals surface area contributed by atoms with Crippen molar-refractivity contribution in [2.45, 2.75) is 31.8 Å². The molecule has 3 N–H and O–H groups in total. The normalized spacial score (nSPS) is 16.6. The molecule has 10 heteroatoms. The number of aliphatic hydroxyl groups excluding tert-OH is 1. The monoisotopic (exact) mass is 405 g/mol. The van der Waals surface area contributed by atoms with Gasteiger partial charge >= 0.3 is 0 Å². The van der Waals surface area contributed by atoms with Crippen LogP contribution in [0.4, 0.5) is 17.5 Å². The molecule has 3 heterocycles. The number of amides is 1. The lowest BCUT2D eigenvalue weighted by molar-refractivity contribution is -0.129. The first-order valence-corrected chi connectivity index (χ1v) is 9.58. The molecule has 1 fully saturated rings. The lowest BCUT2D eigenvalue weighted by atomic mass is 10.0. The van der Waals surface area contributed by atoms with Crippen molar-refractivity contribution >= 4 is 35.0 Å². The Morgan fingerprint density at radius 1 is 1.43 bits per heavy atom. The molecule has 9 nitrogen and oxygen atoms in total. The van der Waals surface area contributed by atoms with E-state index in [0.29, 0.717) is 35.6 Å². The minimum Gasteiger partial charge on any atom is -0.394 e. The van der Waals surface area contributed by atoms with E-state index < -0.39 is 0 Å². The van der Waals surface area contributed by atoms with Gasteiger partial charge in [0.25, 0.3) is 0 Å². The highest BCUT2D eigenvalue weighted by molar-refractivity contribution is 6.32. The van der Waals surface area contributed by atoms with Gasteiger partial charge in [0.2, 0.25) is 11.9 Å². The summed E-state index contributed by atoms with van der Waals surface area (Å²) in [6.07, 6.45) is 9.26. The van der Waals surface area contributed by atoms with E-state index in [9.17, 15) is 4.79 Å². The molecule has 0 unspecified atom stereocenters. The SMILES string of the molecule is C=CC(=O)N1CCCC[C@H]1CNc1nc(Nc2cnn(CCO)c2)ncc1Cl. The molecule has 0 spiro atoms. The molecule has 0 bridgehead atoms. The first-order valence-electron chi connectivity index (χ1n) is 9.20. The predicted octanol–water partition coefficient (Wildman–Crippen LogP) is 2.04. The van der Waals surface area contributed by atoms with Crippen molar-refractivity contribution in [3.05, 3.63) is 36.3 Å². The number of anilines is 3. The van der Waals surface area contributed by atoms with Crippen LogP contribution in [0.25, 0.3) is 0 Å². The van der Waals surface area contributed by atoms with Gasteiger partial charge in [-0.2, -0.15) is 10.1 Å². The van der Waals surface area contributed by atoms with Crippen LogP contribution in [0.1, 0.15) is 19.3 Å². The van der Waals surface area contributed by atoms with E-state index in [0.717, 1.165) is 25.8 Å². The van der Waals surface area contributed by atoms with Crippen molar-refractivity contribution in [2.24, 2.45) is 0 Å². The maximum absolute atomic E-state index is 12.1. The summed E-state index contributed by atoms with van der Waals surface area (Å²) in [5, 5.41) is 19.8. The molecule has 1 aliphatic rings. The second-order valence-corrected chi connectivity index (χ2v) is 6.90. The third-order valence-corrected chi connectivity index (χ3v) is 4.83. The highest BCUT2D eigenvalue weighted by Gasteiger charge is 2.25. The Bertz CT molecular complexity index is 826. The van der Waals surface area contributed by atoms with Crippen molar-refractivity contribution in [2.75, 3.05) is 30.3 Å². The van der Waals surface area contributed by atoms with Gasteiger partial charge in [-0.15, -0.1) is 0 Å². The van der Waals surface area contributed by atoms with Crippen molar-refractivity contribution in [3.8, 4) is 0 Å². The number of halogens is 1. The van der Waals surface area contributed by atoms with Crippen LogP contribution in [0.15, 0.2) is 31.2 Å². The second-order valence-electron chi connectivity index (χ2n) is 6.50. The number of likely N-dealkylation sites (tertiary alicyclic amines) is 1. The number of carbonyl (C=O) groups excluding carboxylic acids is 1. The Labute approximate surface area is 168 Å². The number of nitrogens with zero attached hydrogens (tertiary/aromatic N) is 5. The van der Waals surface area contributed by atoms with Crippen molar-refractivity contribution in [1.82, 2.24) is 24.6 Å². The molecule has 0 saturated carbocycles. The molecule has 150 valence electrons. The van der Waals surface area contributed by atoms with Crippen LogP contribution in [0, 0.1) is 0 Å². The van der Waals surface area contributed by atoms with Gasteiger partial charge in [0.1, 0.15) is 5.02 Å². The minimum absolute atomic E-state index is 0.0131. The molecule has 2 aromatic heterocycles. The Morgan fingerprint density at radius 3 is 3.07 bits per heavy atom. The number of aliphatic hydroxyl groups is 1. The Kier molecular flexibility index (Phi) is 6.83. The molecule has 2 aromatic rings. The van der Waals surface area contributed by atoms with E-state index in [1.54, 1.807) is 17.1 Å². The molecular formula is C18H24ClN7O2. The van der Waals surface area contributed by atoms with E-state index in [1.807, 2.05) is 4.90 Å². The van der Waals surface area contributed by atoms with Crippen LogP contribution in [0.5, 0.6) is 0 Å². The molecular weight excluding hydrogens is 382 g/mol. The average molecular weight is 406 g/mol. The first kappa shape index (κ1) is 20.1. The Hall–Kier alpha value is -2.65. The summed E-state index contributed by atoms with van der Waals surface area (Å²) in [5.74, 6) is 0.819. The third-order valence-electron chi connectivity index (χ3n) is 4.55. The molecule has 1 aliphatic heterocycles. The zero-order chi connectivity index (χ0) is 19.9. The molecule has 0 aliphatic carbocycles. The van der Waals surface area contributed by atoms with E-state index in [-0.39, 0.29) is 18.6 Å². The smallest absolute Gasteiger partial charge is 0.246 e. The fourth-order valence-electron chi connectivity index (χ4n) is 3.17. The minimum atomic E-state index is -0.0532. The van der Waals surface area contributed by atoms with Gasteiger partial charge in [-0.3, -0.25) is 9.48 Å². The molecule has 1 amide bonds. The highest BCUT2D eigenvalue weighted by Crippen LogP contribution is 2.23. The number of rotatable bonds is 8. The second kappa shape index (κ2) is 9.52. The van der Waals surface area contributed by atoms with Gasteiger partial charge in [-0.25, -0.2) is 4.98 Å². The van der Waals surface area contributed by atoms with Crippen LogP contribution in [-0.4, -0.2) is 61.4 Å². The fourth-order valence-corrected chi connectivity index (χ4v) is 3.33. The summed E-state index contributed by atoms with van der Waals surface area (Å²) in [6.45, 7) is 5.29. The first-order chi connectivity index (χ1) is 13.6. The Balaban J connectivity index is 1.65. The number of piperidine rings is 1. The van der Waals surface area contributed by atoms with Crippen molar-refractivity contribution < 1.29 is 9.90 Å². The lowest BCUT2D eigenvalue weighted by Crippen LogP contribution is -2.46. The van der Waals surface area contributed by atoms with E-state index >= 15 is 0 Å². The van der Waals surface area contributed by atoms with Gasteiger partial charge in [0.15, 0.2) is 5.82 Å². The van der Waals surface area contributed by atoms with Crippen molar-refractivity contribution in [3.63, 3.8) is 0 Å². The summed E-state index contributed by atoms with van der Waals surface area (Å²) < 4.78 is 1.62. The number of nitrogens with one attached hydrogen (secondary N) is 2. The zero-order valence-corrected chi connectivity index (χ0v) is 16.3. The number of hydrogen-bond acceptors (Lipinski definition) is 7. The zero-order valence-electron chi connectivity index (χ0n) is 15.5. The van der Waals surface area contributed by atoms with Gasteiger partial charge in [-0.05, 0) is 25.3 Å². The lowest BCUT2D eigenvalue weighted by Gasteiger charge is -2.35. The molecule has 0 aromatic carbocycles. The molecule has 3 rings (SSSR count). The van der Waals surface area contributed by atoms with Gasteiger partial charge in [0, 0.05) is 25.3 Å². The number of carbonyl (C=O) groups is 1. The maximum atomic E-state index is 12.1. The number of aromatic nitrogens is 4. The van der Waals surface area contributed by atoms with E-state index in [1.165, 1.54) is 12.3 Å². The van der Waals surface area contributed by atoms with Gasteiger partial charge in [0.05, 0.1) is 31.2 Å². The number of hydrogen-bond donors (Lipinski definition) is 3. The summed E-state index contributed by atoms with van der Waals surface area (Å²) in [4.78, 5) is 22.5. The molecule has 1 atom stereocenters. The largest absolute Gasteiger partial charge is 0.394 e. The Morgan fingerprint density at radius 2 is 2.29 bits per heavy atom. The molecule has 28 heavy (non-hydrogen) atoms. The van der Waals surface area contributed by atoms with Crippen LogP contribution in [0.3, 0.4) is 0 Å². The van der Waals surface area contributed by atoms with Crippen LogP contribution in [-0.2, 0) is 11.3 Å². The highest BCUT2D eigenvalue weighted by atomic mass is 35.5. The van der Waals surface area contributed by atoms with Gasteiger partial charge in [-0.1, -0.05) is 18.2 Å². The van der Waals surface area contributed by atoms with E-state index in [4.69, 9.17) is 16.7 Å². The fraction of sp³-hybridized carbons (Fsp3) is 0.444. The van der Waals surface area contributed by atoms with Crippen LogP contribution in [0.2, 0.25) is 5.02 Å². The maximum Gasteiger partial charge on any atom is 0.246 e. The summed E-state index contributed by atoms with van der Waals surface area (Å²) in [7, 11) is 0. The molecule has 0 radical (unpaired) electrons. The van der Waals surface area contributed by atoms with E-state index in [2.05, 4.69) is 32.3 Å². The quantitative estimate of drug-likeness (QED) is 0.576. The standard InChI is InChI=1S/C18H24ClN7O2/c1-2-16(28)26-6-4-3-5-14(26)10-20-17-15(19)11-21-18(24-17)23-13-9-22-25(12-13)7-8-27/h2,9,11-12,14,27H,1,3-8,10H2,(H2,20,21,23,24)/t14-/m0/s1. The van der Waals surface area contributed by atoms with Gasteiger partial charge < -0.3 is 20.6 Å². The average Bonchev–Trinajstić information content (AvgIpc) is 3.15. The predicted molar refractivity (Wildman–Crippen MR) is 108 cm³/mol. The summed E-state index contributed by atoms with van der Waals surface area (Å²) >= 11 is 6.23.